The Kier molecular flexibility index (Phi) is 6.85. The fourth-order valence-corrected chi connectivity index (χ4v) is 3.84. The van der Waals surface area contributed by atoms with E-state index < -0.39 is 23.7 Å². The first-order valence-corrected chi connectivity index (χ1v) is 11.0. The minimum absolute atomic E-state index is 0.00468. The topological polar surface area (TPSA) is 105 Å². The lowest BCUT2D eigenvalue weighted by Gasteiger charge is -2.32. The van der Waals surface area contributed by atoms with Gasteiger partial charge in [0.1, 0.15) is 11.6 Å². The van der Waals surface area contributed by atoms with Crippen LogP contribution in [0.5, 0.6) is 0 Å². The number of aromatic nitrogens is 4. The molecule has 1 saturated heterocycles. The molecule has 0 aliphatic carbocycles. The average molecular weight is 493 g/mol. The Morgan fingerprint density at radius 2 is 1.77 bits per heavy atom. The van der Waals surface area contributed by atoms with Crippen LogP contribution in [0.15, 0.2) is 30.3 Å². The Morgan fingerprint density at radius 3 is 2.46 bits per heavy atom. The van der Waals surface area contributed by atoms with Gasteiger partial charge < -0.3 is 15.5 Å². The number of hydrogen-bond donors (Lipinski definition) is 2. The second kappa shape index (κ2) is 9.84. The van der Waals surface area contributed by atoms with Crippen molar-refractivity contribution < 1.29 is 27.2 Å². The predicted molar refractivity (Wildman–Crippen MR) is 117 cm³/mol. The Bertz CT molecular complexity index is 1240. The molecule has 0 bridgehead atoms. The highest BCUT2D eigenvalue weighted by Crippen LogP contribution is 2.28. The van der Waals surface area contributed by atoms with Gasteiger partial charge in [0.25, 0.3) is 11.7 Å². The molecule has 186 valence electrons. The van der Waals surface area contributed by atoms with Crippen LogP contribution < -0.4 is 15.5 Å². The summed E-state index contributed by atoms with van der Waals surface area (Å²) in [6.45, 7) is 2.88. The van der Waals surface area contributed by atoms with Crippen molar-refractivity contribution in [2.45, 2.75) is 25.9 Å². The molecule has 35 heavy (non-hydrogen) atoms. The van der Waals surface area contributed by atoms with Crippen molar-refractivity contribution in [3.8, 4) is 0 Å². The zero-order valence-corrected chi connectivity index (χ0v) is 18.8. The number of nitrogens with one attached hydrogen (secondary N) is 2. The summed E-state index contributed by atoms with van der Waals surface area (Å²) in [5.74, 6) is -2.17. The average Bonchev–Trinajstić information content (AvgIpc) is 3.27. The molecule has 9 nitrogen and oxygen atoms in total. The molecule has 2 N–H and O–H groups in total. The van der Waals surface area contributed by atoms with E-state index in [2.05, 4.69) is 25.9 Å². The number of benzene rings is 1. The molecule has 0 radical (unpaired) electrons. The predicted octanol–water partition coefficient (Wildman–Crippen LogP) is 2.35. The SMILES string of the molecule is Cc1ccc(C(=O)NCCNC(=O)C2CCN(c3ccc4nnc(C(F)(F)F)n4n3)CC2)cc1F. The number of piperidine rings is 1. The maximum Gasteiger partial charge on any atom is 0.453 e. The summed E-state index contributed by atoms with van der Waals surface area (Å²) in [6, 6.07) is 7.21. The van der Waals surface area contributed by atoms with Gasteiger partial charge in [0, 0.05) is 37.7 Å². The third kappa shape index (κ3) is 5.49. The van der Waals surface area contributed by atoms with E-state index in [0.717, 1.165) is 6.07 Å². The third-order valence-electron chi connectivity index (χ3n) is 5.84. The van der Waals surface area contributed by atoms with E-state index in [1.807, 2.05) is 4.90 Å². The first kappa shape index (κ1) is 24.4. The van der Waals surface area contributed by atoms with E-state index in [-0.39, 0.29) is 36.1 Å². The molecule has 1 fully saturated rings. The van der Waals surface area contributed by atoms with Crippen molar-refractivity contribution in [1.29, 1.82) is 0 Å². The van der Waals surface area contributed by atoms with Crippen LogP contribution in [0.25, 0.3) is 5.65 Å². The number of rotatable bonds is 6. The van der Waals surface area contributed by atoms with Gasteiger partial charge in [-0.25, -0.2) is 4.39 Å². The summed E-state index contributed by atoms with van der Waals surface area (Å²) in [5, 5.41) is 16.1. The monoisotopic (exact) mass is 493 g/mol. The van der Waals surface area contributed by atoms with Crippen molar-refractivity contribution in [1.82, 2.24) is 30.4 Å². The Hall–Kier alpha value is -3.77. The molecule has 0 saturated carbocycles. The number of amides is 2. The van der Waals surface area contributed by atoms with Gasteiger partial charge in [-0.1, -0.05) is 6.07 Å². The number of hydrogen-bond acceptors (Lipinski definition) is 6. The number of alkyl halides is 3. The summed E-state index contributed by atoms with van der Waals surface area (Å²) >= 11 is 0. The quantitative estimate of drug-likeness (QED) is 0.404. The van der Waals surface area contributed by atoms with Crippen LogP contribution in [0.3, 0.4) is 0 Å². The van der Waals surface area contributed by atoms with Gasteiger partial charge in [-0.05, 0) is 49.6 Å². The van der Waals surface area contributed by atoms with Gasteiger partial charge in [-0.3, -0.25) is 9.59 Å². The lowest BCUT2D eigenvalue weighted by Crippen LogP contribution is -2.43. The number of carbonyl (C=O) groups excluding carboxylic acids is 2. The zero-order valence-electron chi connectivity index (χ0n) is 18.8. The van der Waals surface area contributed by atoms with E-state index in [0.29, 0.717) is 41.8 Å². The Balaban J connectivity index is 1.24. The van der Waals surface area contributed by atoms with Gasteiger partial charge in [0.2, 0.25) is 5.91 Å². The molecule has 1 aliphatic heterocycles. The summed E-state index contributed by atoms with van der Waals surface area (Å²) in [5.41, 5.74) is 0.642. The molecule has 3 heterocycles. The number of aryl methyl sites for hydroxylation is 1. The van der Waals surface area contributed by atoms with E-state index in [1.54, 1.807) is 13.0 Å². The van der Waals surface area contributed by atoms with Crippen molar-refractivity contribution in [3.05, 3.63) is 53.1 Å². The van der Waals surface area contributed by atoms with Crippen molar-refractivity contribution in [3.63, 3.8) is 0 Å². The Morgan fingerprint density at radius 1 is 1.06 bits per heavy atom. The van der Waals surface area contributed by atoms with Crippen LogP contribution in [0.1, 0.15) is 34.6 Å². The summed E-state index contributed by atoms with van der Waals surface area (Å²) in [7, 11) is 0. The number of carbonyl (C=O) groups is 2. The minimum atomic E-state index is -4.67. The fraction of sp³-hybridized carbons (Fsp3) is 0.409. The minimum Gasteiger partial charge on any atom is -0.355 e. The van der Waals surface area contributed by atoms with E-state index in [9.17, 15) is 27.2 Å². The van der Waals surface area contributed by atoms with Crippen LogP contribution >= 0.6 is 0 Å². The highest BCUT2D eigenvalue weighted by Gasteiger charge is 2.38. The smallest absolute Gasteiger partial charge is 0.355 e. The molecule has 2 amide bonds. The first-order valence-electron chi connectivity index (χ1n) is 11.0. The number of anilines is 1. The van der Waals surface area contributed by atoms with Crippen molar-refractivity contribution in [2.75, 3.05) is 31.1 Å². The molecule has 4 rings (SSSR count). The first-order chi connectivity index (χ1) is 16.6. The second-order valence-electron chi connectivity index (χ2n) is 8.26. The van der Waals surface area contributed by atoms with Gasteiger partial charge >= 0.3 is 6.18 Å². The molecule has 1 aromatic carbocycles. The highest BCUT2D eigenvalue weighted by atomic mass is 19.4. The van der Waals surface area contributed by atoms with Crippen LogP contribution in [-0.2, 0) is 11.0 Å². The molecule has 0 unspecified atom stereocenters. The lowest BCUT2D eigenvalue weighted by atomic mass is 9.96. The summed E-state index contributed by atoms with van der Waals surface area (Å²) in [6.07, 6.45) is -3.68. The normalized spacial score (nSPS) is 14.8. The standard InChI is InChI=1S/C22H23F4N7O2/c1-13-2-3-15(12-16(13)23)20(35)28-9-8-27-19(34)14-6-10-32(11-7-14)18-5-4-17-29-30-21(22(24,25)26)33(17)31-18/h2-5,12,14H,6-11H2,1H3,(H,27,34)(H,28,35). The maximum absolute atomic E-state index is 13.6. The maximum atomic E-state index is 13.6. The summed E-state index contributed by atoms with van der Waals surface area (Å²) in [4.78, 5) is 26.4. The molecular formula is C22H23F4N7O2. The lowest BCUT2D eigenvalue weighted by molar-refractivity contribution is -0.146. The molecular weight excluding hydrogens is 470 g/mol. The van der Waals surface area contributed by atoms with Crippen LogP contribution in [0.2, 0.25) is 0 Å². The largest absolute Gasteiger partial charge is 0.453 e. The van der Waals surface area contributed by atoms with Crippen LogP contribution in [0, 0.1) is 18.7 Å². The Labute approximate surface area is 197 Å². The number of nitrogens with zero attached hydrogens (tertiary/aromatic N) is 5. The molecule has 0 spiro atoms. The van der Waals surface area contributed by atoms with Gasteiger partial charge in [0.05, 0.1) is 0 Å². The molecule has 1 aliphatic rings. The molecule has 2 aromatic heterocycles. The van der Waals surface area contributed by atoms with Crippen molar-refractivity contribution >= 4 is 23.3 Å². The van der Waals surface area contributed by atoms with Crippen molar-refractivity contribution in [2.24, 2.45) is 5.92 Å². The third-order valence-corrected chi connectivity index (χ3v) is 5.84. The van der Waals surface area contributed by atoms with Gasteiger partial charge in [-0.15, -0.1) is 15.3 Å². The molecule has 3 aromatic rings. The number of halogens is 4. The van der Waals surface area contributed by atoms with E-state index in [1.165, 1.54) is 18.2 Å². The van der Waals surface area contributed by atoms with E-state index >= 15 is 0 Å². The second-order valence-corrected chi connectivity index (χ2v) is 8.26. The van der Waals surface area contributed by atoms with Gasteiger partial charge in [-0.2, -0.15) is 17.7 Å². The highest BCUT2D eigenvalue weighted by molar-refractivity contribution is 5.94. The number of fused-ring (bicyclic) bond motifs is 1. The van der Waals surface area contributed by atoms with Crippen LogP contribution in [0.4, 0.5) is 23.4 Å². The molecule has 0 atom stereocenters. The van der Waals surface area contributed by atoms with E-state index in [4.69, 9.17) is 0 Å². The van der Waals surface area contributed by atoms with Gasteiger partial charge in [0.15, 0.2) is 5.65 Å². The zero-order chi connectivity index (χ0) is 25.2. The fourth-order valence-electron chi connectivity index (χ4n) is 3.84. The molecule has 13 heteroatoms. The summed E-state index contributed by atoms with van der Waals surface area (Å²) < 4.78 is 53.6. The van der Waals surface area contributed by atoms with Crippen LogP contribution in [-0.4, -0.2) is 57.8 Å².